The third-order valence-corrected chi connectivity index (χ3v) is 4.46. The van der Waals surface area contributed by atoms with E-state index in [-0.39, 0.29) is 6.10 Å². The summed E-state index contributed by atoms with van der Waals surface area (Å²) in [5.74, 6) is 2.24. The molecule has 1 fully saturated rings. The molecule has 3 atom stereocenters. The molecule has 20 heavy (non-hydrogen) atoms. The van der Waals surface area contributed by atoms with Gasteiger partial charge in [-0.2, -0.15) is 0 Å². The zero-order valence-electron chi connectivity index (χ0n) is 12.0. The predicted molar refractivity (Wildman–Crippen MR) is 77.3 cm³/mol. The summed E-state index contributed by atoms with van der Waals surface area (Å²) in [4.78, 5) is 0. The van der Waals surface area contributed by atoms with Gasteiger partial charge in [0.15, 0.2) is 0 Å². The van der Waals surface area contributed by atoms with Crippen LogP contribution in [0.25, 0.3) is 0 Å². The van der Waals surface area contributed by atoms with Crippen LogP contribution < -0.4 is 14.8 Å². The van der Waals surface area contributed by atoms with E-state index in [0.717, 1.165) is 43.7 Å². The molecule has 4 heteroatoms. The summed E-state index contributed by atoms with van der Waals surface area (Å²) in [6.45, 7) is 1.58. The van der Waals surface area contributed by atoms with Gasteiger partial charge in [0.25, 0.3) is 0 Å². The molecule has 1 aliphatic heterocycles. The maximum Gasteiger partial charge on any atom is 0.122 e. The average Bonchev–Trinajstić information content (AvgIpc) is 2.89. The highest BCUT2D eigenvalue weighted by Gasteiger charge is 2.27. The van der Waals surface area contributed by atoms with Gasteiger partial charge in [-0.15, -0.1) is 0 Å². The molecule has 0 radical (unpaired) electrons. The molecule has 2 aliphatic rings. The Morgan fingerprint density at radius 1 is 1.40 bits per heavy atom. The minimum absolute atomic E-state index is 0.126. The maximum atomic E-state index is 9.86. The highest BCUT2D eigenvalue weighted by atomic mass is 16.5. The van der Waals surface area contributed by atoms with Crippen molar-refractivity contribution in [2.75, 3.05) is 20.3 Å². The molecule has 0 amide bonds. The number of ether oxygens (including phenoxy) is 2. The van der Waals surface area contributed by atoms with Crippen molar-refractivity contribution in [3.05, 3.63) is 23.8 Å². The van der Waals surface area contributed by atoms with E-state index in [4.69, 9.17) is 9.47 Å². The third-order valence-electron chi connectivity index (χ3n) is 4.46. The zero-order valence-corrected chi connectivity index (χ0v) is 12.0. The van der Waals surface area contributed by atoms with Gasteiger partial charge < -0.3 is 19.9 Å². The largest absolute Gasteiger partial charge is 0.497 e. The fourth-order valence-corrected chi connectivity index (χ4v) is 3.20. The fraction of sp³-hybridized carbons (Fsp3) is 0.625. The molecule has 0 unspecified atom stereocenters. The van der Waals surface area contributed by atoms with Gasteiger partial charge >= 0.3 is 0 Å². The molecule has 1 saturated carbocycles. The number of nitrogens with one attached hydrogen (secondary N) is 1. The number of aliphatic hydroxyl groups is 1. The number of aliphatic hydroxyl groups excluding tert-OH is 1. The van der Waals surface area contributed by atoms with Crippen molar-refractivity contribution in [1.82, 2.24) is 5.32 Å². The second-order valence-corrected chi connectivity index (χ2v) is 5.85. The first-order valence-electron chi connectivity index (χ1n) is 7.47. The highest BCUT2D eigenvalue weighted by Crippen LogP contribution is 2.29. The molecule has 2 N–H and O–H groups in total. The van der Waals surface area contributed by atoms with Gasteiger partial charge in [0.05, 0.1) is 13.2 Å². The van der Waals surface area contributed by atoms with Crippen molar-refractivity contribution >= 4 is 0 Å². The minimum atomic E-state index is -0.126. The Bertz CT molecular complexity index is 463. The third kappa shape index (κ3) is 2.91. The second kappa shape index (κ2) is 6.02. The lowest BCUT2D eigenvalue weighted by Gasteiger charge is -2.28. The molecule has 1 aliphatic carbocycles. The van der Waals surface area contributed by atoms with Crippen molar-refractivity contribution in [3.63, 3.8) is 0 Å². The average molecular weight is 277 g/mol. The summed E-state index contributed by atoms with van der Waals surface area (Å²) < 4.78 is 11.1. The minimum Gasteiger partial charge on any atom is -0.497 e. The van der Waals surface area contributed by atoms with E-state index in [1.54, 1.807) is 7.11 Å². The van der Waals surface area contributed by atoms with Gasteiger partial charge in [-0.25, -0.2) is 0 Å². The van der Waals surface area contributed by atoms with Gasteiger partial charge in [-0.1, -0.05) is 6.42 Å². The van der Waals surface area contributed by atoms with Crippen LogP contribution in [0.5, 0.6) is 11.5 Å². The van der Waals surface area contributed by atoms with Crippen LogP contribution in [0.1, 0.15) is 24.8 Å². The molecule has 4 nitrogen and oxygen atoms in total. The normalized spacial score (nSPS) is 28.8. The van der Waals surface area contributed by atoms with Gasteiger partial charge in [0.2, 0.25) is 0 Å². The molecule has 1 aromatic carbocycles. The summed E-state index contributed by atoms with van der Waals surface area (Å²) in [7, 11) is 1.68. The van der Waals surface area contributed by atoms with Gasteiger partial charge in [-0.05, 0) is 48.9 Å². The summed E-state index contributed by atoms with van der Waals surface area (Å²) in [5, 5.41) is 13.4. The van der Waals surface area contributed by atoms with Crippen LogP contribution in [-0.4, -0.2) is 37.5 Å². The number of methoxy groups -OCH3 is 1. The second-order valence-electron chi connectivity index (χ2n) is 5.85. The molecule has 1 aromatic rings. The monoisotopic (exact) mass is 277 g/mol. The van der Waals surface area contributed by atoms with Crippen molar-refractivity contribution in [2.45, 2.75) is 37.8 Å². The molecule has 3 rings (SSSR count). The molecule has 0 aromatic heterocycles. The number of benzene rings is 1. The van der Waals surface area contributed by atoms with Crippen molar-refractivity contribution in [2.24, 2.45) is 5.92 Å². The molecule has 1 heterocycles. The van der Waals surface area contributed by atoms with E-state index in [2.05, 4.69) is 5.32 Å². The van der Waals surface area contributed by atoms with Crippen LogP contribution in [0.3, 0.4) is 0 Å². The summed E-state index contributed by atoms with van der Waals surface area (Å²) in [6, 6.07) is 6.28. The first kappa shape index (κ1) is 13.7. The van der Waals surface area contributed by atoms with Crippen LogP contribution in [0, 0.1) is 5.92 Å². The highest BCUT2D eigenvalue weighted by molar-refractivity contribution is 5.42. The van der Waals surface area contributed by atoms with E-state index in [9.17, 15) is 5.11 Å². The van der Waals surface area contributed by atoms with Crippen molar-refractivity contribution < 1.29 is 14.6 Å². The smallest absolute Gasteiger partial charge is 0.122 e. The van der Waals surface area contributed by atoms with Gasteiger partial charge in [0.1, 0.15) is 18.1 Å². The first-order chi connectivity index (χ1) is 9.76. The number of hydrogen-bond donors (Lipinski definition) is 2. The van der Waals surface area contributed by atoms with E-state index < -0.39 is 0 Å². The van der Waals surface area contributed by atoms with Crippen LogP contribution in [0.4, 0.5) is 0 Å². The Hall–Kier alpha value is -1.26. The van der Waals surface area contributed by atoms with E-state index in [1.165, 1.54) is 5.56 Å². The number of hydrogen-bond acceptors (Lipinski definition) is 4. The van der Waals surface area contributed by atoms with Gasteiger partial charge in [-0.3, -0.25) is 0 Å². The fourth-order valence-electron chi connectivity index (χ4n) is 3.20. The molecule has 0 bridgehead atoms. The van der Waals surface area contributed by atoms with E-state index in [0.29, 0.717) is 18.6 Å². The summed E-state index contributed by atoms with van der Waals surface area (Å²) >= 11 is 0. The van der Waals surface area contributed by atoms with Crippen molar-refractivity contribution in [3.8, 4) is 11.5 Å². The van der Waals surface area contributed by atoms with E-state index in [1.807, 2.05) is 18.2 Å². The predicted octanol–water partition coefficient (Wildman–Crippen LogP) is 1.75. The lowest BCUT2D eigenvalue weighted by molar-refractivity contribution is 0.126. The van der Waals surface area contributed by atoms with Crippen LogP contribution >= 0.6 is 0 Å². The zero-order chi connectivity index (χ0) is 13.9. The molecular formula is C16H23NO3. The maximum absolute atomic E-state index is 9.86. The number of rotatable bonds is 4. The Balaban J connectivity index is 1.57. The lowest BCUT2D eigenvalue weighted by Crippen LogP contribution is -2.42. The Labute approximate surface area is 120 Å². The quantitative estimate of drug-likeness (QED) is 0.880. The molecule has 0 spiro atoms. The Morgan fingerprint density at radius 3 is 3.05 bits per heavy atom. The SMILES string of the molecule is COc1ccc2c(c1)C[C@@H](NC[C@@H]1CCC[C@H]1O)CO2. The van der Waals surface area contributed by atoms with Crippen LogP contribution in [0.2, 0.25) is 0 Å². The summed E-state index contributed by atoms with van der Waals surface area (Å²) in [6.07, 6.45) is 4.06. The number of fused-ring (bicyclic) bond motifs is 1. The van der Waals surface area contributed by atoms with Crippen molar-refractivity contribution in [1.29, 1.82) is 0 Å². The van der Waals surface area contributed by atoms with Gasteiger partial charge in [0, 0.05) is 12.6 Å². The van der Waals surface area contributed by atoms with Crippen LogP contribution in [-0.2, 0) is 6.42 Å². The Kier molecular flexibility index (Phi) is 4.13. The topological polar surface area (TPSA) is 50.7 Å². The van der Waals surface area contributed by atoms with Crippen LogP contribution in [0.15, 0.2) is 18.2 Å². The first-order valence-corrected chi connectivity index (χ1v) is 7.47. The standard InChI is InChI=1S/C16H23NO3/c1-19-14-5-6-16-12(8-14)7-13(10-20-16)17-9-11-3-2-4-15(11)18/h5-6,8,11,13,15,17-18H,2-4,7,9-10H2,1H3/t11-,13+,15+/m0/s1. The molecule has 110 valence electrons. The lowest BCUT2D eigenvalue weighted by atomic mass is 10.0. The van der Waals surface area contributed by atoms with E-state index >= 15 is 0 Å². The molecule has 0 saturated heterocycles. The molecular weight excluding hydrogens is 254 g/mol. The Morgan fingerprint density at radius 2 is 2.30 bits per heavy atom. The summed E-state index contributed by atoms with van der Waals surface area (Å²) in [5.41, 5.74) is 1.19.